The second kappa shape index (κ2) is 19.3. The molecule has 12 fully saturated rings. The predicted octanol–water partition coefficient (Wildman–Crippen LogP) is 4.75. The van der Waals surface area contributed by atoms with Crippen molar-refractivity contribution in [2.75, 3.05) is 60.2 Å². The van der Waals surface area contributed by atoms with Crippen LogP contribution in [0.4, 0.5) is 4.79 Å². The number of Topliss-reactive ketones (excluding diaryl/α,β-unsaturated/α-hetero) is 1. The first kappa shape index (κ1) is 50.1. The molecule has 4 aliphatic carbocycles. The van der Waals surface area contributed by atoms with Gasteiger partial charge in [0.25, 0.3) is 0 Å². The Hall–Kier alpha value is -2.06. The fourth-order valence-electron chi connectivity index (χ4n) is 15.8. The fraction of sp³-hybridized carbons (Fsp3) is 0.889. The molecule has 8 heterocycles. The van der Waals surface area contributed by atoms with Crippen molar-refractivity contribution in [2.24, 2.45) is 29.1 Å². The van der Waals surface area contributed by atoms with Gasteiger partial charge in [-0.25, -0.2) is 4.79 Å². The van der Waals surface area contributed by atoms with Gasteiger partial charge >= 0.3 is 6.09 Å². The molecular weight excluding hydrogens is 901 g/mol. The van der Waals surface area contributed by atoms with Gasteiger partial charge in [0.05, 0.1) is 98.8 Å². The highest BCUT2D eigenvalue weighted by Gasteiger charge is 3.17. The van der Waals surface area contributed by atoms with Crippen LogP contribution in [0, 0.1) is 29.1 Å². The maximum absolute atomic E-state index is 14.5. The first-order chi connectivity index (χ1) is 33.5. The van der Waals surface area contributed by atoms with Crippen LogP contribution >= 0.6 is 0 Å². The number of nitrogens with one attached hydrogen (secondary N) is 1. The third kappa shape index (κ3) is 8.78. The summed E-state index contributed by atoms with van der Waals surface area (Å²) >= 11 is 0. The summed E-state index contributed by atoms with van der Waals surface area (Å²) in [4.78, 5) is 28.3. The standard InChI is InChI=1S/C54H82N2O14/c1-29-21-34-9-11-39-30(2)22-36(63-39)13-14-52-27-38-48-53(38)49-47(69-54(48,52)53)46(68-52)45-40(67-49)12-10-35(65-45)23-32(57)24-37-42(26-41(64-34)31(29)3)66-43(44(37)60-8)25-33(58)28-56(7)16-18-62-20-19-61-17-15-55-50(59)70-51(4,5)6/h29,33-49,58H,2-3,9-28H2,1,4-8H3,(H,55,59)/p+1/t29-,33+,34+,35-,36+,37+,38+,39+,40+,41-,42+,43-,44-,45+,46+,47+,48?,49-,52+,53+,54?/m1/s1. The molecule has 0 aromatic heterocycles. The fourth-order valence-corrected chi connectivity index (χ4v) is 15.8. The zero-order valence-electron chi connectivity index (χ0n) is 42.7. The summed E-state index contributed by atoms with van der Waals surface area (Å²) in [6.45, 7) is 19.8. The van der Waals surface area contributed by atoms with Crippen molar-refractivity contribution in [1.82, 2.24) is 10.2 Å². The second-order valence-electron chi connectivity index (χ2n) is 24.3. The van der Waals surface area contributed by atoms with Crippen molar-refractivity contribution >= 4 is 11.9 Å². The van der Waals surface area contributed by atoms with Crippen LogP contribution in [0.15, 0.2) is 24.3 Å². The molecule has 16 nitrogen and oxygen atoms in total. The molecule has 8 aliphatic heterocycles. The Labute approximate surface area is 414 Å². The molecule has 2 unspecified atom stereocenters. The Bertz CT molecular complexity index is 1980. The minimum absolute atomic E-state index is 0.0000250. The highest BCUT2D eigenvalue weighted by molar-refractivity contribution is 5.79. The summed E-state index contributed by atoms with van der Waals surface area (Å²) in [5.41, 5.74) is 1.46. The zero-order chi connectivity index (χ0) is 48.9. The number of fused-ring (bicyclic) bond motifs is 6. The van der Waals surface area contributed by atoms with Crippen LogP contribution in [0.2, 0.25) is 0 Å². The molecule has 11 bridgehead atoms. The number of hydrogen-bond donors (Lipinski definition) is 2. The Kier molecular flexibility index (Phi) is 13.8. The maximum Gasteiger partial charge on any atom is 0.407 e. The number of ether oxygens (including phenoxy) is 11. The monoisotopic (exact) mass is 984 g/mol. The number of aliphatic hydroxyl groups excluding tert-OH is 1. The van der Waals surface area contributed by atoms with Crippen molar-refractivity contribution in [2.45, 2.75) is 213 Å². The van der Waals surface area contributed by atoms with Gasteiger partial charge in [0.15, 0.2) is 6.10 Å². The molecule has 70 heavy (non-hydrogen) atoms. The van der Waals surface area contributed by atoms with Crippen molar-refractivity contribution in [3.8, 4) is 0 Å². The van der Waals surface area contributed by atoms with Crippen molar-refractivity contribution in [1.29, 1.82) is 0 Å². The predicted molar refractivity (Wildman–Crippen MR) is 255 cm³/mol. The normalized spacial score (nSPS) is 47.1. The highest BCUT2D eigenvalue weighted by Crippen LogP contribution is 3.02. The molecule has 0 aromatic carbocycles. The number of nitrogens with zero attached hydrogens (tertiary/aromatic N) is 1. The van der Waals surface area contributed by atoms with E-state index in [9.17, 15) is 14.7 Å². The van der Waals surface area contributed by atoms with Gasteiger partial charge in [-0.2, -0.15) is 0 Å². The van der Waals surface area contributed by atoms with E-state index in [-0.39, 0.29) is 108 Å². The highest BCUT2D eigenvalue weighted by atomic mass is 16.7. The van der Waals surface area contributed by atoms with Gasteiger partial charge in [-0.05, 0) is 109 Å². The van der Waals surface area contributed by atoms with Crippen LogP contribution < -0.4 is 5.32 Å². The van der Waals surface area contributed by atoms with E-state index in [1.807, 2.05) is 32.7 Å². The third-order valence-electron chi connectivity index (χ3n) is 18.8. The van der Waals surface area contributed by atoms with E-state index in [4.69, 9.17) is 52.1 Å². The quantitative estimate of drug-likeness (QED) is 0.139. The zero-order valence-corrected chi connectivity index (χ0v) is 42.7. The number of carbonyl (C=O) groups excluding carboxylic acids is 2. The molecule has 21 atom stereocenters. The molecule has 0 radical (unpaired) electrons. The molecule has 12 aliphatic rings. The van der Waals surface area contributed by atoms with Crippen LogP contribution in [-0.2, 0) is 52.2 Å². The number of ketones is 1. The first-order valence-electron chi connectivity index (χ1n) is 27.1. The van der Waals surface area contributed by atoms with E-state index in [0.717, 1.165) is 63.4 Å². The summed E-state index contributed by atoms with van der Waals surface area (Å²) in [7, 11) is 3.65. The van der Waals surface area contributed by atoms with E-state index in [1.165, 1.54) is 5.57 Å². The summed E-state index contributed by atoms with van der Waals surface area (Å²) in [5.74, 6) is 1.41. The molecule has 12 rings (SSSR count). The molecule has 3 spiro atoms. The number of likely N-dealkylation sites (N-methyl/N-ethyl adjacent to an activating group) is 1. The molecule has 3 N–H and O–H groups in total. The molecule has 0 aromatic rings. The third-order valence-corrected chi connectivity index (χ3v) is 18.8. The van der Waals surface area contributed by atoms with Crippen molar-refractivity contribution in [3.05, 3.63) is 24.3 Å². The van der Waals surface area contributed by atoms with Gasteiger partial charge in [0.2, 0.25) is 11.7 Å². The summed E-state index contributed by atoms with van der Waals surface area (Å²) < 4.78 is 70.8. The van der Waals surface area contributed by atoms with Gasteiger partial charge in [-0.3, -0.25) is 4.79 Å². The van der Waals surface area contributed by atoms with Gasteiger partial charge < -0.3 is 67.4 Å². The lowest BCUT2D eigenvalue weighted by atomic mass is 9.81. The average molecular weight is 984 g/mol. The Morgan fingerprint density at radius 3 is 2.49 bits per heavy atom. The van der Waals surface area contributed by atoms with Gasteiger partial charge in [-0.15, -0.1) is 0 Å². The lowest BCUT2D eigenvalue weighted by Crippen LogP contribution is -2.68. The number of rotatable bonds is 14. The largest absolute Gasteiger partial charge is 0.444 e. The lowest BCUT2D eigenvalue weighted by molar-refractivity contribution is -0.384. The van der Waals surface area contributed by atoms with E-state index >= 15 is 0 Å². The Morgan fingerprint density at radius 1 is 0.914 bits per heavy atom. The molecule has 8 saturated heterocycles. The van der Waals surface area contributed by atoms with Crippen molar-refractivity contribution < 1.29 is 66.8 Å². The number of methoxy groups -OCH3 is 1. The topological polar surface area (TPSA) is 175 Å². The first-order valence-corrected chi connectivity index (χ1v) is 27.1. The van der Waals surface area contributed by atoms with Crippen LogP contribution in [0.1, 0.15) is 111 Å². The lowest BCUT2D eigenvalue weighted by Gasteiger charge is -2.51. The summed E-state index contributed by atoms with van der Waals surface area (Å²) in [5, 5.41) is 14.2. The molecule has 16 heteroatoms. The summed E-state index contributed by atoms with van der Waals surface area (Å²) in [6, 6.07) is 0. The average Bonchev–Trinajstić information content (AvgIpc) is 3.73. The molecule has 4 saturated carbocycles. The van der Waals surface area contributed by atoms with Crippen molar-refractivity contribution in [3.63, 3.8) is 0 Å². The van der Waals surface area contributed by atoms with E-state index in [0.29, 0.717) is 77.2 Å². The van der Waals surface area contributed by atoms with E-state index in [2.05, 4.69) is 25.4 Å². The van der Waals surface area contributed by atoms with Gasteiger partial charge in [-0.1, -0.05) is 20.1 Å². The van der Waals surface area contributed by atoms with Gasteiger partial charge in [0.1, 0.15) is 29.2 Å². The minimum atomic E-state index is -0.706. The SMILES string of the molecule is C=C1C[C@@H]2CC[C@]34C[C@H]5C6C37[OH+][C@H]3[C@@H](O4)[C@H]4O[C@H](CC[C@@H]4O[C@H]3[C@@]657)CC(=O)C[C@@H]3[C@@H](OC)[C@@H](C[C@H](O)CN(C)CCOCCOCCNC(=O)OC(C)(C)C)O[C@H]3C[C@H]3O[C@@H](CC[C@@H]1O2)C[C@@H](C)C3=C. The van der Waals surface area contributed by atoms with E-state index < -0.39 is 30.0 Å². The maximum atomic E-state index is 14.5. The molecule has 1 amide bonds. The second-order valence-corrected chi connectivity index (χ2v) is 24.3. The summed E-state index contributed by atoms with van der Waals surface area (Å²) in [6.07, 6.45) is 6.50. The number of hydrogen-bond acceptors (Lipinski definition) is 14. The van der Waals surface area contributed by atoms with Crippen LogP contribution in [0.25, 0.3) is 0 Å². The number of aliphatic hydroxyl groups is 3. The number of alkyl carbamates (subject to hydrolysis) is 1. The van der Waals surface area contributed by atoms with E-state index in [1.54, 1.807) is 7.11 Å². The van der Waals surface area contributed by atoms with Gasteiger partial charge in [0, 0.05) is 58.3 Å². The van der Waals surface area contributed by atoms with Crippen LogP contribution in [0.5, 0.6) is 0 Å². The Morgan fingerprint density at radius 2 is 1.69 bits per heavy atom. The van der Waals surface area contributed by atoms with Crippen LogP contribution in [0.3, 0.4) is 0 Å². The molecular formula is C54H83N2O14+. The number of amides is 1. The number of carbonyl (C=O) groups is 2. The Balaban J connectivity index is 0.734. The smallest absolute Gasteiger partial charge is 0.407 e. The van der Waals surface area contributed by atoms with Crippen LogP contribution in [-0.4, -0.2) is 189 Å². The molecule has 392 valence electrons. The minimum Gasteiger partial charge on any atom is -0.444 e.